The van der Waals surface area contributed by atoms with Crippen LogP contribution in [0.2, 0.25) is 0 Å². The Morgan fingerprint density at radius 2 is 0.765 bits per heavy atom. The molecule has 12 aromatic carbocycles. The minimum Gasteiger partial charge on any atom is -0.311 e. The molecule has 0 amide bonds. The molecule has 0 bridgehead atoms. The van der Waals surface area contributed by atoms with Gasteiger partial charge in [-0.3, -0.25) is 0 Å². The number of para-hydroxylation sites is 1. The smallest absolute Gasteiger partial charge is 0.0713 e. The summed E-state index contributed by atoms with van der Waals surface area (Å²) in [6.07, 6.45) is 0. The fourth-order valence-corrected chi connectivity index (χ4v) is 13.9. The predicted octanol–water partition coefficient (Wildman–Crippen LogP) is 22.3. The minimum atomic E-state index is -3.66. The van der Waals surface area contributed by atoms with Gasteiger partial charge in [0.2, 0.25) is 0 Å². The van der Waals surface area contributed by atoms with Crippen molar-refractivity contribution in [2.24, 2.45) is 0 Å². The monoisotopic (exact) mass is 1080 g/mol. The lowest BCUT2D eigenvalue weighted by Gasteiger charge is -2.35. The maximum atomic E-state index is 8.79. The fourth-order valence-electron chi connectivity index (χ4n) is 12.5. The average Bonchev–Trinajstić information content (AvgIpc) is 1.46. The molecule has 13 aromatic rings. The summed E-state index contributed by atoms with van der Waals surface area (Å²) < 4.78 is 160. The van der Waals surface area contributed by atoms with Crippen LogP contribution in [0.5, 0.6) is 0 Å². The van der Waals surface area contributed by atoms with Gasteiger partial charge >= 0.3 is 0 Å². The molecular formula is C79H63NS. The van der Waals surface area contributed by atoms with Crippen molar-refractivity contribution in [3.05, 3.63) is 306 Å². The van der Waals surface area contributed by atoms with Crippen molar-refractivity contribution >= 4 is 59.3 Å². The number of rotatable bonds is 9. The summed E-state index contributed by atoms with van der Waals surface area (Å²) in [5, 5.41) is 4.41. The molecule has 1 aromatic heterocycles. The third-order valence-electron chi connectivity index (χ3n) is 16.2. The van der Waals surface area contributed by atoms with Crippen LogP contribution < -0.4 is 4.90 Å². The van der Waals surface area contributed by atoms with Gasteiger partial charge in [0, 0.05) is 61.9 Å². The van der Waals surface area contributed by atoms with E-state index >= 15 is 0 Å². The zero-order chi connectivity index (χ0) is 70.0. The first-order valence-corrected chi connectivity index (χ1v) is 27.8. The van der Waals surface area contributed by atoms with Crippen molar-refractivity contribution in [3.8, 4) is 55.6 Å². The molecule has 1 heterocycles. The summed E-state index contributed by atoms with van der Waals surface area (Å²) in [4.78, 5) is 2.25. The van der Waals surface area contributed by atoms with Crippen LogP contribution >= 0.6 is 11.3 Å². The first kappa shape index (κ1) is 34.1. The number of thiophene rings is 1. The highest BCUT2D eigenvalue weighted by Gasteiger charge is 2.47. The third kappa shape index (κ3) is 8.51. The first-order valence-electron chi connectivity index (χ1n) is 36.0. The van der Waals surface area contributed by atoms with Crippen LogP contribution in [0.15, 0.2) is 273 Å². The van der Waals surface area contributed by atoms with Crippen molar-refractivity contribution in [2.75, 3.05) is 4.90 Å². The highest BCUT2D eigenvalue weighted by Crippen LogP contribution is 2.58. The number of fused-ring (bicyclic) bond motifs is 7. The molecule has 0 N–H and O–H groups in total. The Bertz CT molecular complexity index is 5030. The van der Waals surface area contributed by atoms with Crippen molar-refractivity contribution in [3.63, 3.8) is 0 Å². The van der Waals surface area contributed by atoms with Crippen LogP contribution in [0.25, 0.3) is 86.6 Å². The Morgan fingerprint density at radius 3 is 1.38 bits per heavy atom. The average molecular weight is 1080 g/mol. The Balaban J connectivity index is 0.943. The standard InChI is InChI=1S/C79H63NS/c1-77(2,3)59-40-46-69-70-47-41-60(78(4,5)6)51-73(70)79(72(69)50-59,57-24-12-8-13-25-57)58-38-32-55(33-39-58)67-30-19-31-71-74-66(53-20-10-7-11-21-53)48-49-68(76(74)81-75(67)71)56-36-44-63(45-37-56)80(61-26-14-9-15-27-61)62-42-34-54(35-43-62)65-29-18-23-52-22-16-17-28-64(52)65/h7-51H,1-6H3/i1D3,2D3,3D3,4D3,5D3,6D3. The second-order valence-corrected chi connectivity index (χ2v) is 22.0. The van der Waals surface area contributed by atoms with Gasteiger partial charge in [-0.15, -0.1) is 11.3 Å². The van der Waals surface area contributed by atoms with E-state index in [1.54, 1.807) is 41.7 Å². The van der Waals surface area contributed by atoms with Gasteiger partial charge in [-0.25, -0.2) is 0 Å². The molecule has 1 aliphatic rings. The van der Waals surface area contributed by atoms with Gasteiger partial charge in [-0.2, -0.15) is 0 Å². The van der Waals surface area contributed by atoms with E-state index in [1.165, 1.54) is 47.2 Å². The fraction of sp³-hybridized carbons (Fsp3) is 0.114. The van der Waals surface area contributed by atoms with Gasteiger partial charge < -0.3 is 4.90 Å². The lowest BCUT2D eigenvalue weighted by Crippen LogP contribution is -2.29. The van der Waals surface area contributed by atoms with Gasteiger partial charge in [0.25, 0.3) is 0 Å². The van der Waals surface area contributed by atoms with Crippen molar-refractivity contribution < 1.29 is 24.7 Å². The Labute approximate surface area is 506 Å². The van der Waals surface area contributed by atoms with Crippen LogP contribution in [0.4, 0.5) is 17.1 Å². The first-order chi connectivity index (χ1) is 46.9. The molecule has 0 aliphatic heterocycles. The molecule has 1 aliphatic carbocycles. The molecule has 0 fully saturated rings. The SMILES string of the molecule is [2H]C([2H])([2H])C(c1ccc2c(c1)C(c1ccccc1)(c1ccc(-c3cccc4c3sc3c(-c5ccc(N(c6ccccc6)c6ccc(-c7cccc8ccccc78)cc6)cc5)ccc(-c5ccccc5)c34)cc1)c1cc(C(C([2H])([2H])[2H])(C([2H])([2H])[2H])C([2H])([2H])[2H])ccc1-2)(C([2H])([2H])[2H])C([2H])([2H])[2H]. The topological polar surface area (TPSA) is 3.24 Å². The Morgan fingerprint density at radius 1 is 0.333 bits per heavy atom. The maximum absolute atomic E-state index is 8.79. The molecule has 1 nitrogen and oxygen atoms in total. The summed E-state index contributed by atoms with van der Waals surface area (Å²) in [6.45, 7) is -22.0. The number of hydrogen-bond acceptors (Lipinski definition) is 2. The normalized spacial score (nSPS) is 17.1. The molecule has 0 spiro atoms. The molecule has 0 atom stereocenters. The minimum absolute atomic E-state index is 0.190. The molecule has 0 saturated carbocycles. The van der Waals surface area contributed by atoms with Gasteiger partial charge in [-0.1, -0.05) is 278 Å². The van der Waals surface area contributed by atoms with E-state index in [0.717, 1.165) is 81.7 Å². The maximum Gasteiger partial charge on any atom is 0.0713 e. The van der Waals surface area contributed by atoms with Crippen LogP contribution in [-0.4, -0.2) is 0 Å². The summed E-state index contributed by atoms with van der Waals surface area (Å²) >= 11 is 1.66. The van der Waals surface area contributed by atoms with Gasteiger partial charge in [0.15, 0.2) is 0 Å². The second-order valence-electron chi connectivity index (χ2n) is 21.0. The molecule has 0 radical (unpaired) electrons. The van der Waals surface area contributed by atoms with E-state index < -0.39 is 68.5 Å². The van der Waals surface area contributed by atoms with Crippen molar-refractivity contribution in [1.29, 1.82) is 0 Å². The highest BCUT2D eigenvalue weighted by molar-refractivity contribution is 7.27. The summed E-state index contributed by atoms with van der Waals surface area (Å²) in [5.41, 5.74) is 3.07. The Hall–Kier alpha value is -9.08. The molecular weight excluding hydrogens is 995 g/mol. The van der Waals surface area contributed by atoms with Crippen LogP contribution in [0, 0.1) is 0 Å². The van der Waals surface area contributed by atoms with Crippen LogP contribution in [0.1, 0.15) is 99.2 Å². The highest BCUT2D eigenvalue weighted by atomic mass is 32.1. The number of benzene rings is 12. The van der Waals surface area contributed by atoms with Gasteiger partial charge in [-0.05, 0) is 147 Å². The Kier molecular flexibility index (Phi) is 8.27. The van der Waals surface area contributed by atoms with E-state index in [2.05, 4.69) is 138 Å². The quantitative estimate of drug-likeness (QED) is 0.139. The number of nitrogens with zero attached hydrogens (tertiary/aromatic N) is 1. The molecule has 390 valence electrons. The van der Waals surface area contributed by atoms with Gasteiger partial charge in [0.05, 0.1) is 5.41 Å². The van der Waals surface area contributed by atoms with Crippen LogP contribution in [-0.2, 0) is 16.2 Å². The lowest BCUT2D eigenvalue weighted by molar-refractivity contribution is 0.586. The summed E-state index contributed by atoms with van der Waals surface area (Å²) in [6, 6.07) is 87.1. The van der Waals surface area contributed by atoms with Crippen molar-refractivity contribution in [2.45, 2.75) is 57.4 Å². The summed E-state index contributed by atoms with van der Waals surface area (Å²) in [5.74, 6) is 0. The molecule has 0 unspecified atom stereocenters. The van der Waals surface area contributed by atoms with Crippen LogP contribution in [0.3, 0.4) is 0 Å². The number of anilines is 3. The molecule has 2 heteroatoms. The predicted molar refractivity (Wildman–Crippen MR) is 348 cm³/mol. The van der Waals surface area contributed by atoms with E-state index in [0.29, 0.717) is 22.3 Å². The van der Waals surface area contributed by atoms with Crippen molar-refractivity contribution in [1.82, 2.24) is 0 Å². The third-order valence-corrected chi connectivity index (χ3v) is 17.5. The number of hydrogen-bond donors (Lipinski definition) is 0. The van der Waals surface area contributed by atoms with E-state index in [-0.39, 0.29) is 11.1 Å². The molecule has 14 rings (SSSR count). The van der Waals surface area contributed by atoms with E-state index in [1.807, 2.05) is 72.8 Å². The van der Waals surface area contributed by atoms with Gasteiger partial charge in [0.1, 0.15) is 0 Å². The molecule has 0 saturated heterocycles. The zero-order valence-corrected chi connectivity index (χ0v) is 44.7. The zero-order valence-electron chi connectivity index (χ0n) is 61.8. The second kappa shape index (κ2) is 19.6. The van der Waals surface area contributed by atoms with E-state index in [4.69, 9.17) is 24.7 Å². The lowest BCUT2D eigenvalue weighted by atomic mass is 9.66. The van der Waals surface area contributed by atoms with E-state index in [9.17, 15) is 0 Å². The summed E-state index contributed by atoms with van der Waals surface area (Å²) in [7, 11) is 0. The molecule has 81 heavy (non-hydrogen) atoms. The largest absolute Gasteiger partial charge is 0.311 e.